The Hall–Kier alpha value is -3.77. The van der Waals surface area contributed by atoms with Crippen LogP contribution in [-0.2, 0) is 0 Å². The van der Waals surface area contributed by atoms with Gasteiger partial charge >= 0.3 is 5.69 Å². The third kappa shape index (κ3) is 4.35. The van der Waals surface area contributed by atoms with Gasteiger partial charge in [0.25, 0.3) is 0 Å². The molecule has 1 aliphatic heterocycles. The van der Waals surface area contributed by atoms with Gasteiger partial charge in [-0.2, -0.15) is 4.98 Å². The van der Waals surface area contributed by atoms with E-state index in [1.165, 1.54) is 4.57 Å². The van der Waals surface area contributed by atoms with E-state index in [-0.39, 0.29) is 28.8 Å². The summed E-state index contributed by atoms with van der Waals surface area (Å²) in [6.07, 6.45) is 1.60. The van der Waals surface area contributed by atoms with Gasteiger partial charge in [-0.1, -0.05) is 25.4 Å². The Bertz CT molecular complexity index is 1700. The first-order valence-corrected chi connectivity index (χ1v) is 13.0. The first kappa shape index (κ1) is 27.8. The molecule has 5 rings (SSSR count). The van der Waals surface area contributed by atoms with Crippen LogP contribution in [0.15, 0.2) is 23.1 Å². The molecule has 1 aliphatic rings. The van der Waals surface area contributed by atoms with Gasteiger partial charge in [-0.15, -0.1) is 0 Å². The van der Waals surface area contributed by atoms with Crippen molar-refractivity contribution in [3.8, 4) is 16.9 Å². The molecule has 0 spiro atoms. The minimum absolute atomic E-state index is 0.0890. The number of nitrogens with zero attached hydrogens (tertiary/aromatic N) is 5. The Morgan fingerprint density at radius 1 is 1.15 bits per heavy atom. The molecule has 1 atom stereocenters. The number of anilines is 2. The van der Waals surface area contributed by atoms with Crippen molar-refractivity contribution < 1.29 is 17.6 Å². The minimum atomic E-state index is -1.70. The van der Waals surface area contributed by atoms with E-state index in [0.29, 0.717) is 36.6 Å². The molecule has 0 amide bonds. The Morgan fingerprint density at radius 2 is 1.88 bits per heavy atom. The fourth-order valence-electron chi connectivity index (χ4n) is 5.00. The van der Waals surface area contributed by atoms with Gasteiger partial charge in [0, 0.05) is 31.9 Å². The molecule has 3 N–H and O–H groups in total. The van der Waals surface area contributed by atoms with Gasteiger partial charge in [0.15, 0.2) is 28.9 Å². The summed E-state index contributed by atoms with van der Waals surface area (Å²) < 4.78 is 60.8. The lowest BCUT2D eigenvalue weighted by atomic mass is 10.0. The summed E-state index contributed by atoms with van der Waals surface area (Å²) in [5, 5.41) is 2.37. The van der Waals surface area contributed by atoms with Crippen LogP contribution in [0.3, 0.4) is 0 Å². The maximum Gasteiger partial charge on any atom is 0.355 e. The molecule has 1 fully saturated rings. The van der Waals surface area contributed by atoms with Gasteiger partial charge in [0.05, 0.1) is 27.4 Å². The Kier molecular flexibility index (Phi) is 7.17. The van der Waals surface area contributed by atoms with Crippen LogP contribution in [0.1, 0.15) is 37.9 Å². The highest BCUT2D eigenvalue weighted by atomic mass is 35.5. The van der Waals surface area contributed by atoms with Crippen LogP contribution >= 0.6 is 11.6 Å². The monoisotopic (exact) mass is 575 g/mol. The lowest BCUT2D eigenvalue weighted by Gasteiger charge is -2.35. The first-order valence-electron chi connectivity index (χ1n) is 12.6. The second-order valence-electron chi connectivity index (χ2n) is 10.1. The zero-order valence-corrected chi connectivity index (χ0v) is 22.9. The SMILES string of the molecule is Cc1ccnc(C(C)C)c1-n1c(=O)nc(N2CCNC[C@@H]2C)c2cc(F)c(-c3c(F)c(N)c(F)c(F)c3Cl)nc21. The zero-order chi connectivity index (χ0) is 29.0. The van der Waals surface area contributed by atoms with E-state index in [1.807, 2.05) is 25.7 Å². The van der Waals surface area contributed by atoms with E-state index < -0.39 is 50.9 Å². The molecule has 40 heavy (non-hydrogen) atoms. The number of hydrogen-bond acceptors (Lipinski definition) is 7. The van der Waals surface area contributed by atoms with E-state index in [2.05, 4.69) is 20.3 Å². The summed E-state index contributed by atoms with van der Waals surface area (Å²) in [6, 6.07) is 2.63. The number of nitrogen functional groups attached to an aromatic ring is 1. The topological polar surface area (TPSA) is 102 Å². The van der Waals surface area contributed by atoms with Crippen molar-refractivity contribution >= 4 is 34.1 Å². The van der Waals surface area contributed by atoms with Crippen molar-refractivity contribution in [1.29, 1.82) is 0 Å². The van der Waals surface area contributed by atoms with Crippen LogP contribution < -0.4 is 21.6 Å². The van der Waals surface area contributed by atoms with E-state index >= 15 is 8.78 Å². The fourth-order valence-corrected chi connectivity index (χ4v) is 5.26. The summed E-state index contributed by atoms with van der Waals surface area (Å²) in [5.74, 6) is -5.87. The number of nitrogens with two attached hydrogens (primary N) is 1. The largest absolute Gasteiger partial charge is 0.394 e. The summed E-state index contributed by atoms with van der Waals surface area (Å²) in [4.78, 5) is 28.8. The van der Waals surface area contributed by atoms with Crippen LogP contribution in [0.4, 0.5) is 29.1 Å². The summed E-state index contributed by atoms with van der Waals surface area (Å²) in [5.41, 5.74) is 3.40. The van der Waals surface area contributed by atoms with Crippen molar-refractivity contribution in [3.63, 3.8) is 0 Å². The number of fused-ring (bicyclic) bond motifs is 1. The Morgan fingerprint density at radius 3 is 2.55 bits per heavy atom. The van der Waals surface area contributed by atoms with Crippen molar-refractivity contribution in [2.75, 3.05) is 30.3 Å². The average molecular weight is 576 g/mol. The number of halogens is 5. The molecule has 4 aromatic rings. The number of piperazine rings is 1. The summed E-state index contributed by atoms with van der Waals surface area (Å²) >= 11 is 5.96. The molecule has 0 aliphatic carbocycles. The lowest BCUT2D eigenvalue weighted by molar-refractivity contribution is 0.497. The van der Waals surface area contributed by atoms with Crippen LogP contribution in [-0.4, -0.2) is 45.2 Å². The quantitative estimate of drug-likeness (QED) is 0.155. The van der Waals surface area contributed by atoms with Gasteiger partial charge in [0.2, 0.25) is 0 Å². The lowest BCUT2D eigenvalue weighted by Crippen LogP contribution is -2.50. The van der Waals surface area contributed by atoms with Crippen molar-refractivity contribution in [3.05, 3.63) is 68.4 Å². The molecular weight excluding hydrogens is 550 g/mol. The van der Waals surface area contributed by atoms with E-state index in [0.717, 1.165) is 6.07 Å². The van der Waals surface area contributed by atoms with Gasteiger partial charge in [-0.3, -0.25) is 4.98 Å². The maximum atomic E-state index is 15.8. The molecule has 1 aromatic carbocycles. The third-order valence-electron chi connectivity index (χ3n) is 7.03. The summed E-state index contributed by atoms with van der Waals surface area (Å²) in [7, 11) is 0. The molecule has 4 heterocycles. The zero-order valence-electron chi connectivity index (χ0n) is 22.1. The molecule has 13 heteroatoms. The highest BCUT2D eigenvalue weighted by Crippen LogP contribution is 2.40. The van der Waals surface area contributed by atoms with Gasteiger partial charge < -0.3 is 16.0 Å². The number of rotatable bonds is 4. The Balaban J connectivity index is 1.95. The smallest absolute Gasteiger partial charge is 0.355 e. The predicted molar refractivity (Wildman–Crippen MR) is 146 cm³/mol. The predicted octanol–water partition coefficient (Wildman–Crippen LogP) is 4.86. The highest BCUT2D eigenvalue weighted by molar-refractivity contribution is 6.33. The molecule has 3 aromatic heterocycles. The number of aryl methyl sites for hydroxylation is 1. The van der Waals surface area contributed by atoms with Crippen molar-refractivity contribution in [1.82, 2.24) is 24.8 Å². The number of hydrogen-bond donors (Lipinski definition) is 2. The van der Waals surface area contributed by atoms with Crippen LogP contribution in [0.25, 0.3) is 28.0 Å². The van der Waals surface area contributed by atoms with Crippen LogP contribution in [0, 0.1) is 30.2 Å². The van der Waals surface area contributed by atoms with Crippen LogP contribution in [0.5, 0.6) is 0 Å². The number of nitrogens with one attached hydrogen (secondary N) is 1. The minimum Gasteiger partial charge on any atom is -0.394 e. The summed E-state index contributed by atoms with van der Waals surface area (Å²) in [6.45, 7) is 9.13. The molecule has 0 unspecified atom stereocenters. The van der Waals surface area contributed by atoms with E-state index in [4.69, 9.17) is 17.3 Å². The normalized spacial score (nSPS) is 15.8. The second-order valence-corrected chi connectivity index (χ2v) is 10.4. The molecule has 0 bridgehead atoms. The second kappa shape index (κ2) is 10.3. The molecule has 0 saturated carbocycles. The van der Waals surface area contributed by atoms with Gasteiger partial charge in [-0.05, 0) is 37.5 Å². The fraction of sp³-hybridized carbons (Fsp3) is 0.333. The molecule has 1 saturated heterocycles. The Labute approximate surface area is 231 Å². The standard InChI is InChI=1S/C27H26ClF4N7O/c1-11(2)22-24(12(3)5-6-35-22)39-26-14(25(37-27(39)40)38-8-7-34-10-13(38)4)9-15(29)23(36-26)16-17(28)19(31)20(32)21(33)18(16)30/h5-6,9,11,13,34H,7-8,10,33H2,1-4H3/t13-/m0/s1. The third-order valence-corrected chi connectivity index (χ3v) is 7.39. The highest BCUT2D eigenvalue weighted by Gasteiger charge is 2.30. The molecule has 0 radical (unpaired) electrons. The number of aromatic nitrogens is 4. The van der Waals surface area contributed by atoms with Gasteiger partial charge in [-0.25, -0.2) is 31.9 Å². The van der Waals surface area contributed by atoms with Crippen molar-refractivity contribution in [2.45, 2.75) is 39.7 Å². The van der Waals surface area contributed by atoms with E-state index in [9.17, 15) is 13.6 Å². The maximum absolute atomic E-state index is 15.8. The van der Waals surface area contributed by atoms with Crippen molar-refractivity contribution in [2.24, 2.45) is 0 Å². The molecule has 8 nitrogen and oxygen atoms in total. The molecular formula is C27H26ClF4N7O. The number of pyridine rings is 2. The first-order chi connectivity index (χ1) is 18.9. The average Bonchev–Trinajstić information content (AvgIpc) is 2.92. The number of benzene rings is 1. The van der Waals surface area contributed by atoms with Gasteiger partial charge in [0.1, 0.15) is 17.2 Å². The van der Waals surface area contributed by atoms with Crippen LogP contribution in [0.2, 0.25) is 5.02 Å². The van der Waals surface area contributed by atoms with E-state index in [1.54, 1.807) is 19.2 Å². The molecule has 210 valence electrons.